The molecule has 0 aromatic carbocycles. The van der Waals surface area contributed by atoms with Crippen LogP contribution in [0.1, 0.15) is 46.0 Å². The lowest BCUT2D eigenvalue weighted by molar-refractivity contribution is 0.812. The molecule has 0 radical (unpaired) electrons. The van der Waals surface area contributed by atoms with Crippen molar-refractivity contribution in [1.29, 1.82) is 0 Å². The van der Waals surface area contributed by atoms with E-state index in [1.165, 1.54) is 40.4 Å². The predicted octanol–water partition coefficient (Wildman–Crippen LogP) is 5.73. The second-order valence-corrected chi connectivity index (χ2v) is 5.25. The Kier molecular flexibility index (Phi) is 5.98. The van der Waals surface area contributed by atoms with Gasteiger partial charge in [-0.1, -0.05) is 56.9 Å². The van der Waals surface area contributed by atoms with Crippen LogP contribution in [0.5, 0.6) is 0 Å². The molecule has 15 heavy (non-hydrogen) atoms. The third-order valence-electron chi connectivity index (χ3n) is 2.50. The number of halogens is 2. The third-order valence-corrected chi connectivity index (χ3v) is 4.33. The SMILES string of the molecule is CCC/C=C1C(Cl)=C(I)C\1=C\CCCC. The molecule has 0 N–H and O–H groups in total. The summed E-state index contributed by atoms with van der Waals surface area (Å²) in [5.74, 6) is 0. The number of rotatable bonds is 5. The lowest BCUT2D eigenvalue weighted by Crippen LogP contribution is -2.04. The van der Waals surface area contributed by atoms with Crippen molar-refractivity contribution >= 4 is 34.2 Å². The summed E-state index contributed by atoms with van der Waals surface area (Å²) in [6.45, 7) is 4.42. The van der Waals surface area contributed by atoms with Gasteiger partial charge in [0.15, 0.2) is 0 Å². The molecule has 1 rings (SSSR count). The Morgan fingerprint density at radius 2 is 1.73 bits per heavy atom. The molecule has 1 aliphatic rings. The van der Waals surface area contributed by atoms with E-state index < -0.39 is 0 Å². The van der Waals surface area contributed by atoms with Gasteiger partial charge >= 0.3 is 0 Å². The van der Waals surface area contributed by atoms with Crippen LogP contribution >= 0.6 is 34.2 Å². The average molecular weight is 337 g/mol. The van der Waals surface area contributed by atoms with Crippen LogP contribution in [0.2, 0.25) is 0 Å². The van der Waals surface area contributed by atoms with Gasteiger partial charge in [-0.15, -0.1) is 0 Å². The predicted molar refractivity (Wildman–Crippen MR) is 77.5 cm³/mol. The molecule has 0 spiro atoms. The molecule has 0 unspecified atom stereocenters. The van der Waals surface area contributed by atoms with Crippen molar-refractivity contribution in [3.05, 3.63) is 31.9 Å². The fourth-order valence-corrected chi connectivity index (χ4v) is 2.63. The molecular weight excluding hydrogens is 319 g/mol. The minimum atomic E-state index is 0.965. The Labute approximate surface area is 112 Å². The Bertz CT molecular complexity index is 310. The first kappa shape index (κ1) is 13.3. The summed E-state index contributed by atoms with van der Waals surface area (Å²) in [6.07, 6.45) is 10.6. The van der Waals surface area contributed by atoms with Crippen LogP contribution < -0.4 is 0 Å². The maximum absolute atomic E-state index is 6.17. The molecular formula is C13H18ClI. The summed E-state index contributed by atoms with van der Waals surface area (Å²) < 4.78 is 1.24. The zero-order valence-corrected chi connectivity index (χ0v) is 12.4. The maximum atomic E-state index is 6.17. The van der Waals surface area contributed by atoms with Crippen LogP contribution in [0.4, 0.5) is 0 Å². The van der Waals surface area contributed by atoms with E-state index in [0.29, 0.717) is 0 Å². The van der Waals surface area contributed by atoms with Crippen molar-refractivity contribution in [1.82, 2.24) is 0 Å². The molecule has 0 nitrogen and oxygen atoms in total. The molecule has 0 aliphatic heterocycles. The lowest BCUT2D eigenvalue weighted by Gasteiger charge is -2.23. The topological polar surface area (TPSA) is 0 Å². The Morgan fingerprint density at radius 3 is 2.33 bits per heavy atom. The lowest BCUT2D eigenvalue weighted by atomic mass is 9.92. The highest BCUT2D eigenvalue weighted by Crippen LogP contribution is 2.46. The first-order valence-corrected chi connectivity index (χ1v) is 7.14. The molecule has 0 saturated heterocycles. The van der Waals surface area contributed by atoms with Crippen molar-refractivity contribution in [2.24, 2.45) is 0 Å². The molecule has 0 bridgehead atoms. The number of allylic oxidation sites excluding steroid dienone is 6. The Morgan fingerprint density at radius 1 is 1.07 bits per heavy atom. The van der Waals surface area contributed by atoms with Crippen LogP contribution in [-0.4, -0.2) is 0 Å². The van der Waals surface area contributed by atoms with Crippen LogP contribution in [0, 0.1) is 0 Å². The van der Waals surface area contributed by atoms with Crippen LogP contribution in [0.3, 0.4) is 0 Å². The zero-order valence-electron chi connectivity index (χ0n) is 9.45. The second kappa shape index (κ2) is 6.74. The summed E-state index contributed by atoms with van der Waals surface area (Å²) in [5.41, 5.74) is 2.65. The third kappa shape index (κ3) is 3.35. The highest BCUT2D eigenvalue weighted by Gasteiger charge is 2.25. The maximum Gasteiger partial charge on any atom is 0.0621 e. The van der Waals surface area contributed by atoms with Crippen LogP contribution in [0.25, 0.3) is 0 Å². The van der Waals surface area contributed by atoms with Crippen molar-refractivity contribution < 1.29 is 0 Å². The summed E-state index contributed by atoms with van der Waals surface area (Å²) in [4.78, 5) is 0. The van der Waals surface area contributed by atoms with Gasteiger partial charge < -0.3 is 0 Å². The number of hydrogen-bond donors (Lipinski definition) is 0. The minimum Gasteiger partial charge on any atom is -0.0825 e. The number of unbranched alkanes of at least 4 members (excludes halogenated alkanes) is 3. The van der Waals surface area contributed by atoms with E-state index in [1.54, 1.807) is 0 Å². The van der Waals surface area contributed by atoms with Gasteiger partial charge in [0.1, 0.15) is 0 Å². The van der Waals surface area contributed by atoms with E-state index in [1.807, 2.05) is 0 Å². The van der Waals surface area contributed by atoms with Crippen molar-refractivity contribution in [3.63, 3.8) is 0 Å². The van der Waals surface area contributed by atoms with E-state index in [2.05, 4.69) is 48.6 Å². The summed E-state index contributed by atoms with van der Waals surface area (Å²) in [7, 11) is 0. The normalized spacial score (nSPS) is 21.3. The highest BCUT2D eigenvalue weighted by atomic mass is 127. The summed E-state index contributed by atoms with van der Waals surface area (Å²) in [6, 6.07) is 0. The standard InChI is InChI=1S/C13H18ClI/c1-3-5-7-9-11-10(8-6-4-2)12(14)13(11)15/h8-9H,3-7H2,1-2H3/b10-8-,11-9+. The first-order valence-electron chi connectivity index (χ1n) is 5.69. The Hall–Kier alpha value is 0.240. The first-order chi connectivity index (χ1) is 7.22. The molecule has 2 heteroatoms. The fourth-order valence-electron chi connectivity index (χ4n) is 1.55. The van der Waals surface area contributed by atoms with E-state index in [4.69, 9.17) is 11.6 Å². The molecule has 0 heterocycles. The van der Waals surface area contributed by atoms with Gasteiger partial charge in [-0.2, -0.15) is 0 Å². The summed E-state index contributed by atoms with van der Waals surface area (Å²) in [5, 5.41) is 0.965. The molecule has 0 saturated carbocycles. The minimum absolute atomic E-state index is 0.965. The molecule has 0 atom stereocenters. The van der Waals surface area contributed by atoms with Crippen molar-refractivity contribution in [3.8, 4) is 0 Å². The zero-order chi connectivity index (χ0) is 11.3. The fraction of sp³-hybridized carbons (Fsp3) is 0.538. The largest absolute Gasteiger partial charge is 0.0825 e. The highest BCUT2D eigenvalue weighted by molar-refractivity contribution is 14.1. The van der Waals surface area contributed by atoms with E-state index in [0.717, 1.165) is 11.5 Å². The molecule has 0 aromatic rings. The van der Waals surface area contributed by atoms with Gasteiger partial charge in [0.05, 0.1) is 5.03 Å². The van der Waals surface area contributed by atoms with Crippen LogP contribution in [-0.2, 0) is 0 Å². The van der Waals surface area contributed by atoms with E-state index in [-0.39, 0.29) is 0 Å². The molecule has 0 aromatic heterocycles. The average Bonchev–Trinajstić information content (AvgIpc) is 2.26. The molecule has 1 aliphatic carbocycles. The second-order valence-electron chi connectivity index (χ2n) is 3.79. The molecule has 84 valence electrons. The molecule has 0 fully saturated rings. The smallest absolute Gasteiger partial charge is 0.0621 e. The van der Waals surface area contributed by atoms with Gasteiger partial charge in [0, 0.05) is 3.58 Å². The van der Waals surface area contributed by atoms with Crippen LogP contribution in [0.15, 0.2) is 31.9 Å². The van der Waals surface area contributed by atoms with Gasteiger partial charge in [-0.25, -0.2) is 0 Å². The van der Waals surface area contributed by atoms with E-state index in [9.17, 15) is 0 Å². The van der Waals surface area contributed by atoms with Gasteiger partial charge in [0.2, 0.25) is 0 Å². The monoisotopic (exact) mass is 336 g/mol. The van der Waals surface area contributed by atoms with Crippen molar-refractivity contribution in [2.45, 2.75) is 46.0 Å². The quantitative estimate of drug-likeness (QED) is 0.444. The summed E-state index contributed by atoms with van der Waals surface area (Å²) >= 11 is 8.51. The van der Waals surface area contributed by atoms with Gasteiger partial charge in [-0.05, 0) is 46.6 Å². The van der Waals surface area contributed by atoms with E-state index >= 15 is 0 Å². The van der Waals surface area contributed by atoms with Gasteiger partial charge in [0.25, 0.3) is 0 Å². The number of hydrogen-bond acceptors (Lipinski definition) is 0. The van der Waals surface area contributed by atoms with Gasteiger partial charge in [-0.3, -0.25) is 0 Å². The van der Waals surface area contributed by atoms with Crippen molar-refractivity contribution in [2.75, 3.05) is 0 Å². The molecule has 0 amide bonds. The Balaban J connectivity index is 2.69.